The van der Waals surface area contributed by atoms with Crippen LogP contribution in [-0.4, -0.2) is 29.5 Å². The Morgan fingerprint density at radius 1 is 1.64 bits per heavy atom. The van der Waals surface area contributed by atoms with Crippen molar-refractivity contribution in [3.63, 3.8) is 0 Å². The van der Waals surface area contributed by atoms with Gasteiger partial charge in [-0.2, -0.15) is 11.8 Å². The second-order valence-corrected chi connectivity index (χ2v) is 5.36. The molecule has 0 aromatic carbocycles. The number of esters is 1. The Morgan fingerprint density at radius 2 is 2.36 bits per heavy atom. The van der Waals surface area contributed by atoms with Gasteiger partial charge in [-0.3, -0.25) is 4.79 Å². The molecule has 1 saturated heterocycles. The molecule has 2 aliphatic rings. The predicted molar refractivity (Wildman–Crippen MR) is 53.8 cm³/mol. The van der Waals surface area contributed by atoms with E-state index in [-0.39, 0.29) is 16.6 Å². The molecule has 0 aromatic rings. The smallest absolute Gasteiger partial charge is 0.314 e. The lowest BCUT2D eigenvalue weighted by Gasteiger charge is -2.26. The third-order valence-electron chi connectivity index (χ3n) is 2.91. The molecule has 0 radical (unpaired) electrons. The van der Waals surface area contributed by atoms with Crippen molar-refractivity contribution in [3.05, 3.63) is 5.57 Å². The van der Waals surface area contributed by atoms with E-state index in [1.807, 2.05) is 5.94 Å². The van der Waals surface area contributed by atoms with Gasteiger partial charge in [0.15, 0.2) is 0 Å². The summed E-state index contributed by atoms with van der Waals surface area (Å²) in [6, 6.07) is 0. The Morgan fingerprint density at radius 3 is 2.86 bits per heavy atom. The molecule has 76 valence electrons. The number of methoxy groups -OCH3 is 1. The second kappa shape index (κ2) is 3.44. The first-order valence-electron chi connectivity index (χ1n) is 4.66. The summed E-state index contributed by atoms with van der Waals surface area (Å²) in [6.07, 6.45) is 3.05. The van der Waals surface area contributed by atoms with Gasteiger partial charge in [-0.1, -0.05) is 0 Å². The molecule has 0 amide bonds. The van der Waals surface area contributed by atoms with Crippen molar-refractivity contribution in [1.82, 2.24) is 0 Å². The van der Waals surface area contributed by atoms with Gasteiger partial charge in [-0.15, -0.1) is 0 Å². The summed E-state index contributed by atoms with van der Waals surface area (Å²) in [6.45, 7) is 0. The summed E-state index contributed by atoms with van der Waals surface area (Å²) in [5.41, 5.74) is 0.605. The van der Waals surface area contributed by atoms with Gasteiger partial charge in [0.1, 0.15) is 5.94 Å². The number of rotatable bonds is 1. The lowest BCUT2D eigenvalue weighted by molar-refractivity contribution is -0.143. The molecule has 1 aliphatic heterocycles. The highest BCUT2D eigenvalue weighted by atomic mass is 32.2. The van der Waals surface area contributed by atoms with Crippen LogP contribution in [0.3, 0.4) is 0 Å². The molecule has 0 N–H and O–H groups in total. The summed E-state index contributed by atoms with van der Waals surface area (Å²) in [4.78, 5) is 22.1. The average molecular weight is 212 g/mol. The van der Waals surface area contributed by atoms with E-state index in [4.69, 9.17) is 0 Å². The van der Waals surface area contributed by atoms with Crippen molar-refractivity contribution < 1.29 is 14.3 Å². The molecule has 2 fully saturated rings. The third kappa shape index (κ3) is 1.60. The fourth-order valence-corrected chi connectivity index (χ4v) is 3.31. The summed E-state index contributed by atoms with van der Waals surface area (Å²) < 4.78 is 4.93. The van der Waals surface area contributed by atoms with E-state index in [9.17, 15) is 9.59 Å². The van der Waals surface area contributed by atoms with Crippen LogP contribution in [-0.2, 0) is 14.3 Å². The molecule has 4 heteroatoms. The zero-order valence-corrected chi connectivity index (χ0v) is 8.86. The van der Waals surface area contributed by atoms with E-state index < -0.39 is 0 Å². The van der Waals surface area contributed by atoms with Crippen molar-refractivity contribution in [2.75, 3.05) is 12.9 Å². The summed E-state index contributed by atoms with van der Waals surface area (Å²) in [5, 5.41) is 0. The van der Waals surface area contributed by atoms with E-state index in [2.05, 4.69) is 4.74 Å². The van der Waals surface area contributed by atoms with Crippen LogP contribution >= 0.6 is 11.8 Å². The minimum atomic E-state index is -0.353. The van der Waals surface area contributed by atoms with Crippen LogP contribution in [0.25, 0.3) is 0 Å². The van der Waals surface area contributed by atoms with E-state index in [0.29, 0.717) is 11.3 Å². The van der Waals surface area contributed by atoms with E-state index in [1.54, 1.807) is 11.8 Å². The first-order valence-corrected chi connectivity index (χ1v) is 5.65. The summed E-state index contributed by atoms with van der Waals surface area (Å²) in [5.74, 6) is 1.94. The first kappa shape index (κ1) is 9.81. The van der Waals surface area contributed by atoms with Crippen LogP contribution < -0.4 is 0 Å². The van der Waals surface area contributed by atoms with Gasteiger partial charge in [-0.05, 0) is 19.3 Å². The Labute approximate surface area is 86.9 Å². The Hall–Kier alpha value is -0.730. The van der Waals surface area contributed by atoms with Crippen molar-refractivity contribution in [1.29, 1.82) is 0 Å². The van der Waals surface area contributed by atoms with E-state index in [1.165, 1.54) is 7.11 Å². The second-order valence-electron chi connectivity index (χ2n) is 3.87. The molecular weight excluding hydrogens is 200 g/mol. The molecule has 1 unspecified atom stereocenters. The number of hydrogen-bond donors (Lipinski definition) is 0. The SMILES string of the molecule is COC(=O)C1CSC2(CC2)CC1=C=O. The van der Waals surface area contributed by atoms with Crippen molar-refractivity contribution in [2.24, 2.45) is 5.92 Å². The molecule has 1 atom stereocenters. The maximum atomic E-state index is 11.3. The molecule has 3 nitrogen and oxygen atoms in total. The average Bonchev–Trinajstić information content (AvgIpc) is 2.96. The first-order chi connectivity index (χ1) is 6.71. The van der Waals surface area contributed by atoms with E-state index >= 15 is 0 Å². The van der Waals surface area contributed by atoms with Crippen molar-refractivity contribution in [2.45, 2.75) is 24.0 Å². The van der Waals surface area contributed by atoms with Crippen LogP contribution in [0.4, 0.5) is 0 Å². The Kier molecular flexibility index (Phi) is 2.41. The number of ether oxygens (including phenoxy) is 1. The van der Waals surface area contributed by atoms with Gasteiger partial charge in [0.25, 0.3) is 0 Å². The quantitative estimate of drug-likeness (QED) is 0.484. The molecular formula is C10H12O3S. The normalized spacial score (nSPS) is 28.4. The monoisotopic (exact) mass is 212 g/mol. The highest BCUT2D eigenvalue weighted by Crippen LogP contribution is 2.56. The Balaban J connectivity index is 2.13. The number of carbonyl (C=O) groups is 1. The number of hydrogen-bond acceptors (Lipinski definition) is 4. The van der Waals surface area contributed by atoms with Crippen molar-refractivity contribution >= 4 is 23.7 Å². The Bertz CT molecular complexity index is 313. The van der Waals surface area contributed by atoms with Crippen LogP contribution in [0.2, 0.25) is 0 Å². The minimum Gasteiger partial charge on any atom is -0.469 e. The van der Waals surface area contributed by atoms with Crippen LogP contribution in [0.1, 0.15) is 19.3 Å². The maximum absolute atomic E-state index is 11.3. The fourth-order valence-electron chi connectivity index (χ4n) is 1.80. The fraction of sp³-hybridized carbons (Fsp3) is 0.700. The highest BCUT2D eigenvalue weighted by Gasteiger charge is 2.49. The highest BCUT2D eigenvalue weighted by molar-refractivity contribution is 8.01. The van der Waals surface area contributed by atoms with Gasteiger partial charge in [0.05, 0.1) is 13.0 Å². The molecule has 1 heterocycles. The molecule has 2 rings (SSSR count). The van der Waals surface area contributed by atoms with E-state index in [0.717, 1.165) is 19.3 Å². The van der Waals surface area contributed by atoms with Gasteiger partial charge in [-0.25, -0.2) is 4.79 Å². The topological polar surface area (TPSA) is 43.4 Å². The number of carbonyl (C=O) groups excluding carboxylic acids is 2. The minimum absolute atomic E-state index is 0.275. The summed E-state index contributed by atoms with van der Waals surface area (Å²) in [7, 11) is 1.36. The van der Waals surface area contributed by atoms with Gasteiger partial charge < -0.3 is 4.74 Å². The lowest BCUT2D eigenvalue weighted by Crippen LogP contribution is -2.29. The molecule has 1 spiro atoms. The standard InChI is InChI=1S/C10H12O3S/c1-13-9(12)8-6-14-10(2-3-10)4-7(8)5-11/h8H,2-4,6H2,1H3. The maximum Gasteiger partial charge on any atom is 0.314 e. The lowest BCUT2D eigenvalue weighted by atomic mass is 9.96. The largest absolute Gasteiger partial charge is 0.469 e. The number of thioether (sulfide) groups is 1. The van der Waals surface area contributed by atoms with Gasteiger partial charge >= 0.3 is 5.97 Å². The zero-order valence-electron chi connectivity index (χ0n) is 8.04. The van der Waals surface area contributed by atoms with Crippen LogP contribution in [0.5, 0.6) is 0 Å². The molecule has 1 saturated carbocycles. The summed E-state index contributed by atoms with van der Waals surface area (Å²) >= 11 is 1.80. The van der Waals surface area contributed by atoms with Crippen LogP contribution in [0, 0.1) is 5.92 Å². The molecule has 1 aliphatic carbocycles. The van der Waals surface area contributed by atoms with Crippen molar-refractivity contribution in [3.8, 4) is 0 Å². The predicted octanol–water partition coefficient (Wildman–Crippen LogP) is 1.20. The van der Waals surface area contributed by atoms with Crippen LogP contribution in [0.15, 0.2) is 5.57 Å². The molecule has 0 bridgehead atoms. The molecule has 0 aromatic heterocycles. The van der Waals surface area contributed by atoms with Gasteiger partial charge in [0.2, 0.25) is 0 Å². The van der Waals surface area contributed by atoms with Gasteiger partial charge in [0, 0.05) is 16.1 Å². The third-order valence-corrected chi connectivity index (χ3v) is 4.58. The zero-order chi connectivity index (χ0) is 10.2. The molecule has 14 heavy (non-hydrogen) atoms.